The van der Waals surface area contributed by atoms with Crippen molar-refractivity contribution >= 4 is 17.3 Å². The molecule has 1 aromatic heterocycles. The van der Waals surface area contributed by atoms with E-state index in [1.54, 1.807) is 4.90 Å². The number of nitrogens with zero attached hydrogens (tertiary/aromatic N) is 5. The van der Waals surface area contributed by atoms with Gasteiger partial charge < -0.3 is 24.5 Å². The maximum Gasteiger partial charge on any atom is 0.416 e. The Morgan fingerprint density at radius 2 is 1.32 bits per heavy atom. The number of morpholine rings is 1. The van der Waals surface area contributed by atoms with E-state index in [9.17, 15) is 44.6 Å². The highest BCUT2D eigenvalue weighted by Crippen LogP contribution is 2.38. The minimum atomic E-state index is -5.10. The van der Waals surface area contributed by atoms with Gasteiger partial charge in [-0.3, -0.25) is 0 Å². The lowest BCUT2D eigenvalue weighted by Gasteiger charge is -2.31. The van der Waals surface area contributed by atoms with Gasteiger partial charge in [-0.25, -0.2) is 9.97 Å². The van der Waals surface area contributed by atoms with Gasteiger partial charge in [-0.2, -0.15) is 39.5 Å². The molecule has 1 saturated heterocycles. The highest BCUT2D eigenvalue weighted by molar-refractivity contribution is 5.57. The summed E-state index contributed by atoms with van der Waals surface area (Å²) in [6.07, 6.45) is -7.59. The van der Waals surface area contributed by atoms with Crippen LogP contribution in [0.2, 0.25) is 0 Å². The molecule has 3 aromatic rings. The topological polar surface area (TPSA) is 65.0 Å². The van der Waals surface area contributed by atoms with Crippen LogP contribution in [-0.4, -0.2) is 61.1 Å². The van der Waals surface area contributed by atoms with Crippen LogP contribution in [0.3, 0.4) is 0 Å². The van der Waals surface area contributed by atoms with E-state index in [4.69, 9.17) is 4.74 Å². The average molecular weight is 722 g/mol. The van der Waals surface area contributed by atoms with Crippen LogP contribution in [0.1, 0.15) is 66.8 Å². The Bertz CT molecular complexity index is 1480. The smallest absolute Gasteiger partial charge is 0.395 e. The molecule has 2 aromatic carbocycles. The molecule has 1 fully saturated rings. The average Bonchev–Trinajstić information content (AvgIpc) is 3.06. The third kappa shape index (κ3) is 10.9. The standard InChI is InChI=1S/C34H40F9N5O2/c1-2-3-4-5-6-9-47(10-13-49)30-8-7-26(32(35,36)37)18-25(30)23-48(31-44-20-29(21-45-31)46-11-14-50-15-12-46)22-24-16-27(33(38,39)40)19-28(17-24)34(41,42)43/h7-8,16-21,49H,2-6,9-15,22-23H2,1H3. The number of benzene rings is 2. The number of halogens is 9. The first-order valence-electron chi connectivity index (χ1n) is 16.3. The largest absolute Gasteiger partial charge is 0.416 e. The van der Waals surface area contributed by atoms with Crippen LogP contribution in [0.5, 0.6) is 0 Å². The summed E-state index contributed by atoms with van der Waals surface area (Å²) in [7, 11) is 0. The molecule has 50 heavy (non-hydrogen) atoms. The molecule has 2 heterocycles. The Labute approximate surface area is 284 Å². The van der Waals surface area contributed by atoms with E-state index in [1.165, 1.54) is 23.4 Å². The van der Waals surface area contributed by atoms with Crippen LogP contribution in [0.4, 0.5) is 56.8 Å². The van der Waals surface area contributed by atoms with Gasteiger partial charge in [-0.1, -0.05) is 32.6 Å². The van der Waals surface area contributed by atoms with Crippen LogP contribution in [0.15, 0.2) is 48.8 Å². The molecule has 0 bridgehead atoms. The molecule has 0 saturated carbocycles. The Kier molecular flexibility index (Phi) is 13.2. The number of unbranched alkanes of at least 4 members (excludes halogenated alkanes) is 4. The van der Waals surface area contributed by atoms with Gasteiger partial charge >= 0.3 is 18.5 Å². The van der Waals surface area contributed by atoms with Crippen LogP contribution in [0, 0.1) is 0 Å². The normalized spacial score (nSPS) is 14.3. The molecule has 0 unspecified atom stereocenters. The van der Waals surface area contributed by atoms with Crippen LogP contribution in [0.25, 0.3) is 0 Å². The zero-order chi connectivity index (χ0) is 36.5. The molecule has 0 aliphatic carbocycles. The molecule has 276 valence electrons. The Morgan fingerprint density at radius 3 is 1.88 bits per heavy atom. The second kappa shape index (κ2) is 16.9. The Morgan fingerprint density at radius 1 is 0.720 bits per heavy atom. The zero-order valence-electron chi connectivity index (χ0n) is 27.5. The van der Waals surface area contributed by atoms with E-state index in [0.717, 1.165) is 37.8 Å². The van der Waals surface area contributed by atoms with Gasteiger partial charge in [0.05, 0.1) is 54.6 Å². The van der Waals surface area contributed by atoms with Crippen LogP contribution in [-0.2, 0) is 36.4 Å². The number of hydrogen-bond donors (Lipinski definition) is 1. The Hall–Kier alpha value is -3.79. The third-order valence-corrected chi connectivity index (χ3v) is 8.31. The SMILES string of the molecule is CCCCCCCN(CCO)c1ccc(C(F)(F)F)cc1CN(Cc1cc(C(F)(F)F)cc(C(F)(F)F)c1)c1ncc(N2CCOCC2)cn1. The summed E-state index contributed by atoms with van der Waals surface area (Å²) in [4.78, 5) is 13.6. The van der Waals surface area contributed by atoms with Gasteiger partial charge in [0.25, 0.3) is 0 Å². The number of aliphatic hydroxyl groups excluding tert-OH is 1. The van der Waals surface area contributed by atoms with Crippen LogP contribution < -0.4 is 14.7 Å². The zero-order valence-corrected chi connectivity index (χ0v) is 27.5. The first kappa shape index (κ1) is 39.0. The molecule has 1 aliphatic rings. The van der Waals surface area contributed by atoms with Crippen molar-refractivity contribution in [2.45, 2.75) is 70.6 Å². The van der Waals surface area contributed by atoms with Gasteiger partial charge in [0, 0.05) is 45.0 Å². The van der Waals surface area contributed by atoms with E-state index >= 15 is 0 Å². The fraction of sp³-hybridized carbons (Fsp3) is 0.529. The van der Waals surface area contributed by atoms with Gasteiger partial charge in [-0.15, -0.1) is 0 Å². The van der Waals surface area contributed by atoms with Crippen molar-refractivity contribution in [3.8, 4) is 0 Å². The molecule has 7 nitrogen and oxygen atoms in total. The molecule has 0 atom stereocenters. The maximum atomic E-state index is 14.0. The van der Waals surface area contributed by atoms with Crippen molar-refractivity contribution in [1.82, 2.24) is 9.97 Å². The summed E-state index contributed by atoms with van der Waals surface area (Å²) in [5, 5.41) is 9.84. The van der Waals surface area contributed by atoms with Crippen LogP contribution >= 0.6 is 0 Å². The number of anilines is 3. The third-order valence-electron chi connectivity index (χ3n) is 8.31. The second-order valence-electron chi connectivity index (χ2n) is 12.1. The summed E-state index contributed by atoms with van der Waals surface area (Å²) in [6.45, 7) is 3.18. The van der Waals surface area contributed by atoms with Crippen molar-refractivity contribution in [3.05, 3.63) is 76.6 Å². The molecule has 4 rings (SSSR count). The monoisotopic (exact) mass is 721 g/mol. The van der Waals surface area contributed by atoms with Gasteiger partial charge in [-0.05, 0) is 53.9 Å². The van der Waals surface area contributed by atoms with E-state index in [1.807, 2.05) is 4.90 Å². The fourth-order valence-corrected chi connectivity index (χ4v) is 5.77. The number of aliphatic hydroxyl groups is 1. The van der Waals surface area contributed by atoms with Crippen molar-refractivity contribution in [3.63, 3.8) is 0 Å². The van der Waals surface area contributed by atoms with Crippen molar-refractivity contribution in [1.29, 1.82) is 0 Å². The Balaban J connectivity index is 1.80. The van der Waals surface area contributed by atoms with E-state index < -0.39 is 53.9 Å². The summed E-state index contributed by atoms with van der Waals surface area (Å²) < 4.78 is 130. The minimum Gasteiger partial charge on any atom is -0.395 e. The molecular formula is C34H40F9N5O2. The predicted octanol–water partition coefficient (Wildman–Crippen LogP) is 8.35. The number of ether oxygens (including phenoxy) is 1. The van der Waals surface area contributed by atoms with Crippen molar-refractivity contribution < 1.29 is 49.4 Å². The first-order chi connectivity index (χ1) is 23.6. The molecule has 0 spiro atoms. The molecule has 1 N–H and O–H groups in total. The van der Waals surface area contributed by atoms with Crippen molar-refractivity contribution in [2.75, 3.05) is 60.7 Å². The maximum absolute atomic E-state index is 14.0. The lowest BCUT2D eigenvalue weighted by Crippen LogP contribution is -2.36. The number of rotatable bonds is 15. The highest BCUT2D eigenvalue weighted by atomic mass is 19.4. The quantitative estimate of drug-likeness (QED) is 0.125. The summed E-state index contributed by atoms with van der Waals surface area (Å²) in [5.41, 5.74) is -3.45. The second-order valence-corrected chi connectivity index (χ2v) is 12.1. The summed E-state index contributed by atoms with van der Waals surface area (Å²) in [5.74, 6) is -0.121. The number of alkyl halides is 9. The minimum absolute atomic E-state index is 0.0135. The van der Waals surface area contributed by atoms with E-state index in [2.05, 4.69) is 16.9 Å². The number of aromatic nitrogens is 2. The summed E-state index contributed by atoms with van der Waals surface area (Å²) in [6, 6.07) is 4.24. The molecule has 0 amide bonds. The number of hydrogen-bond acceptors (Lipinski definition) is 7. The van der Waals surface area contributed by atoms with Gasteiger partial charge in [0.15, 0.2) is 0 Å². The first-order valence-corrected chi connectivity index (χ1v) is 16.3. The van der Waals surface area contributed by atoms with Gasteiger partial charge in [0.1, 0.15) is 0 Å². The molecule has 0 radical (unpaired) electrons. The van der Waals surface area contributed by atoms with Gasteiger partial charge in [0.2, 0.25) is 5.95 Å². The van der Waals surface area contributed by atoms with E-state index in [-0.39, 0.29) is 30.7 Å². The van der Waals surface area contributed by atoms with E-state index in [0.29, 0.717) is 62.8 Å². The molecular weight excluding hydrogens is 681 g/mol. The molecule has 1 aliphatic heterocycles. The fourth-order valence-electron chi connectivity index (χ4n) is 5.77. The predicted molar refractivity (Wildman–Crippen MR) is 171 cm³/mol. The molecule has 16 heteroatoms. The van der Waals surface area contributed by atoms with Crippen molar-refractivity contribution in [2.24, 2.45) is 0 Å². The lowest BCUT2D eigenvalue weighted by molar-refractivity contribution is -0.143. The summed E-state index contributed by atoms with van der Waals surface area (Å²) >= 11 is 0. The lowest BCUT2D eigenvalue weighted by atomic mass is 10.0. The highest BCUT2D eigenvalue weighted by Gasteiger charge is 2.37.